The van der Waals surface area contributed by atoms with Gasteiger partial charge < -0.3 is 15.3 Å². The predicted molar refractivity (Wildman–Crippen MR) is 75.6 cm³/mol. The molecule has 0 heterocycles. The van der Waals surface area contributed by atoms with Crippen LogP contribution in [-0.4, -0.2) is 41.1 Å². The molecule has 2 atom stereocenters. The molecular weight excluding hydrogens is 256 g/mol. The number of likely N-dealkylation sites (N-methyl/N-ethyl adjacent to an activating group) is 1. The van der Waals surface area contributed by atoms with Crippen molar-refractivity contribution in [3.63, 3.8) is 0 Å². The van der Waals surface area contributed by atoms with Gasteiger partial charge in [0.25, 0.3) is 0 Å². The van der Waals surface area contributed by atoms with Crippen molar-refractivity contribution < 1.29 is 14.7 Å². The molecule has 2 unspecified atom stereocenters. The number of carbonyl (C=O) groups excluding carboxylic acids is 1. The molecule has 20 heavy (non-hydrogen) atoms. The van der Waals surface area contributed by atoms with Gasteiger partial charge in [-0.05, 0) is 37.3 Å². The third-order valence-corrected chi connectivity index (χ3v) is 3.93. The highest BCUT2D eigenvalue weighted by atomic mass is 16.4. The zero-order chi connectivity index (χ0) is 14.7. The van der Waals surface area contributed by atoms with Crippen molar-refractivity contribution in [2.24, 2.45) is 0 Å². The average molecular weight is 276 g/mol. The lowest BCUT2D eigenvalue weighted by Gasteiger charge is -2.29. The largest absolute Gasteiger partial charge is 0.480 e. The number of nitrogens with one attached hydrogen (secondary N) is 1. The first-order chi connectivity index (χ1) is 9.49. The Morgan fingerprint density at radius 3 is 2.65 bits per heavy atom. The molecule has 5 nitrogen and oxygen atoms in total. The lowest BCUT2D eigenvalue weighted by molar-refractivity contribution is -0.141. The summed E-state index contributed by atoms with van der Waals surface area (Å²) in [6.07, 6.45) is 2.63. The molecule has 0 spiro atoms. The Kier molecular flexibility index (Phi) is 4.27. The first-order valence-electron chi connectivity index (χ1n) is 6.82. The van der Waals surface area contributed by atoms with Gasteiger partial charge in [0, 0.05) is 13.1 Å². The van der Waals surface area contributed by atoms with Gasteiger partial charge in [0.1, 0.15) is 6.04 Å². The molecular formula is C15H20N2O3. The topological polar surface area (TPSA) is 69.6 Å². The summed E-state index contributed by atoms with van der Waals surface area (Å²) in [4.78, 5) is 24.1. The minimum Gasteiger partial charge on any atom is -0.480 e. The van der Waals surface area contributed by atoms with Crippen LogP contribution in [0.2, 0.25) is 0 Å². The van der Waals surface area contributed by atoms with Crippen LogP contribution in [0.5, 0.6) is 0 Å². The number of hydrogen-bond acceptors (Lipinski definition) is 2. The maximum absolute atomic E-state index is 12.0. The predicted octanol–water partition coefficient (Wildman–Crippen LogP) is 1.66. The Balaban J connectivity index is 1.95. The lowest BCUT2D eigenvalue weighted by atomic mass is 9.88. The van der Waals surface area contributed by atoms with Gasteiger partial charge in [-0.3, -0.25) is 0 Å². The van der Waals surface area contributed by atoms with Crippen molar-refractivity contribution in [1.29, 1.82) is 0 Å². The Bertz CT molecular complexity index is 516. The Morgan fingerprint density at radius 1 is 1.35 bits per heavy atom. The van der Waals surface area contributed by atoms with Crippen molar-refractivity contribution in [2.75, 3.05) is 7.05 Å². The van der Waals surface area contributed by atoms with Crippen LogP contribution in [0.25, 0.3) is 0 Å². The summed E-state index contributed by atoms with van der Waals surface area (Å²) in [5.74, 6) is -1.00. The second-order valence-electron chi connectivity index (χ2n) is 5.28. The van der Waals surface area contributed by atoms with E-state index in [2.05, 4.69) is 17.4 Å². The van der Waals surface area contributed by atoms with E-state index in [1.807, 2.05) is 12.1 Å². The third kappa shape index (κ3) is 3.10. The quantitative estimate of drug-likeness (QED) is 0.882. The second kappa shape index (κ2) is 5.94. The van der Waals surface area contributed by atoms with E-state index in [0.717, 1.165) is 19.3 Å². The van der Waals surface area contributed by atoms with Gasteiger partial charge in [-0.15, -0.1) is 0 Å². The summed E-state index contributed by atoms with van der Waals surface area (Å²) in [5, 5.41) is 11.8. The fourth-order valence-electron chi connectivity index (χ4n) is 2.44. The number of amides is 2. The summed E-state index contributed by atoms with van der Waals surface area (Å²) in [6.45, 7) is 1.50. The normalized spacial score (nSPS) is 18.8. The molecule has 0 saturated heterocycles. The monoisotopic (exact) mass is 276 g/mol. The molecule has 0 aromatic heterocycles. The molecule has 2 rings (SSSR count). The number of benzene rings is 1. The fourth-order valence-corrected chi connectivity index (χ4v) is 2.44. The van der Waals surface area contributed by atoms with Crippen molar-refractivity contribution in [3.8, 4) is 0 Å². The SMILES string of the molecule is CC(C(=O)O)N(C)C(=O)NC1CCc2ccccc2C1. The van der Waals surface area contributed by atoms with Crippen molar-refractivity contribution in [1.82, 2.24) is 10.2 Å². The molecule has 2 amide bonds. The molecule has 1 aromatic rings. The molecule has 0 bridgehead atoms. The van der Waals surface area contributed by atoms with Gasteiger partial charge in [0.15, 0.2) is 0 Å². The number of carboxylic acid groups (broad SMARTS) is 1. The van der Waals surface area contributed by atoms with Crippen LogP contribution in [0.1, 0.15) is 24.5 Å². The molecule has 0 radical (unpaired) electrons. The smallest absolute Gasteiger partial charge is 0.326 e. The number of carboxylic acids is 1. The fraction of sp³-hybridized carbons (Fsp3) is 0.467. The Hall–Kier alpha value is -2.04. The first kappa shape index (κ1) is 14.4. The average Bonchev–Trinajstić information content (AvgIpc) is 2.45. The van der Waals surface area contributed by atoms with E-state index in [9.17, 15) is 9.59 Å². The third-order valence-electron chi connectivity index (χ3n) is 3.93. The number of urea groups is 1. The molecule has 1 aliphatic carbocycles. The summed E-state index contributed by atoms with van der Waals surface area (Å²) in [5.41, 5.74) is 2.60. The molecule has 0 saturated carbocycles. The molecule has 0 aliphatic heterocycles. The summed E-state index contributed by atoms with van der Waals surface area (Å²) in [7, 11) is 1.50. The molecule has 1 aliphatic rings. The van der Waals surface area contributed by atoms with E-state index in [1.165, 1.54) is 30.0 Å². The number of nitrogens with zero attached hydrogens (tertiary/aromatic N) is 1. The number of aryl methyl sites for hydroxylation is 1. The highest BCUT2D eigenvalue weighted by molar-refractivity contribution is 5.82. The zero-order valence-electron chi connectivity index (χ0n) is 11.8. The molecule has 1 aromatic carbocycles. The number of aliphatic carboxylic acids is 1. The molecule has 5 heteroatoms. The van der Waals surface area contributed by atoms with E-state index < -0.39 is 12.0 Å². The van der Waals surface area contributed by atoms with Crippen molar-refractivity contribution in [3.05, 3.63) is 35.4 Å². The van der Waals surface area contributed by atoms with E-state index in [4.69, 9.17) is 5.11 Å². The van der Waals surface area contributed by atoms with Crippen LogP contribution in [0.15, 0.2) is 24.3 Å². The number of carbonyl (C=O) groups is 2. The Labute approximate surface area is 118 Å². The van der Waals surface area contributed by atoms with Crippen LogP contribution in [0.3, 0.4) is 0 Å². The summed E-state index contributed by atoms with van der Waals surface area (Å²) in [6, 6.07) is 7.14. The van der Waals surface area contributed by atoms with Crippen LogP contribution < -0.4 is 5.32 Å². The number of hydrogen-bond donors (Lipinski definition) is 2. The van der Waals surface area contributed by atoms with Gasteiger partial charge in [-0.2, -0.15) is 0 Å². The second-order valence-corrected chi connectivity index (χ2v) is 5.28. The van der Waals surface area contributed by atoms with Crippen LogP contribution in [-0.2, 0) is 17.6 Å². The van der Waals surface area contributed by atoms with Crippen molar-refractivity contribution >= 4 is 12.0 Å². The highest BCUT2D eigenvalue weighted by Crippen LogP contribution is 2.21. The number of rotatable bonds is 3. The van der Waals surface area contributed by atoms with E-state index in [0.29, 0.717) is 0 Å². The first-order valence-corrected chi connectivity index (χ1v) is 6.82. The van der Waals surface area contributed by atoms with Gasteiger partial charge in [0.05, 0.1) is 0 Å². The zero-order valence-corrected chi connectivity index (χ0v) is 11.8. The maximum atomic E-state index is 12.0. The minimum absolute atomic E-state index is 0.0702. The molecule has 0 fully saturated rings. The van der Waals surface area contributed by atoms with Crippen LogP contribution in [0, 0.1) is 0 Å². The minimum atomic E-state index is -1.00. The lowest BCUT2D eigenvalue weighted by Crippen LogP contribution is -2.50. The van der Waals surface area contributed by atoms with E-state index in [-0.39, 0.29) is 12.1 Å². The number of fused-ring (bicyclic) bond motifs is 1. The van der Waals surface area contributed by atoms with Crippen LogP contribution >= 0.6 is 0 Å². The maximum Gasteiger partial charge on any atom is 0.326 e. The highest BCUT2D eigenvalue weighted by Gasteiger charge is 2.25. The summed E-state index contributed by atoms with van der Waals surface area (Å²) >= 11 is 0. The van der Waals surface area contributed by atoms with Gasteiger partial charge in [-0.25, -0.2) is 9.59 Å². The van der Waals surface area contributed by atoms with Gasteiger partial charge >= 0.3 is 12.0 Å². The van der Waals surface area contributed by atoms with E-state index >= 15 is 0 Å². The van der Waals surface area contributed by atoms with Gasteiger partial charge in [-0.1, -0.05) is 24.3 Å². The standard InChI is InChI=1S/C15H20N2O3/c1-10(14(18)19)17(2)15(20)16-13-8-7-11-5-3-4-6-12(11)9-13/h3-6,10,13H,7-9H2,1-2H3,(H,16,20)(H,18,19). The van der Waals surface area contributed by atoms with Crippen molar-refractivity contribution in [2.45, 2.75) is 38.3 Å². The van der Waals surface area contributed by atoms with Crippen LogP contribution in [0.4, 0.5) is 4.79 Å². The molecule has 108 valence electrons. The Morgan fingerprint density at radius 2 is 2.00 bits per heavy atom. The molecule has 2 N–H and O–H groups in total. The van der Waals surface area contributed by atoms with Gasteiger partial charge in [0.2, 0.25) is 0 Å². The van der Waals surface area contributed by atoms with E-state index in [1.54, 1.807) is 0 Å². The summed E-state index contributed by atoms with van der Waals surface area (Å²) < 4.78 is 0.